The Bertz CT molecular complexity index is 486. The fourth-order valence-electron chi connectivity index (χ4n) is 3.49. The Labute approximate surface area is 114 Å². The molecule has 0 aromatic carbocycles. The molecule has 2 aliphatic carbocycles. The molecule has 19 heavy (non-hydrogen) atoms. The van der Waals surface area contributed by atoms with Gasteiger partial charge in [-0.05, 0) is 25.7 Å². The van der Waals surface area contributed by atoms with E-state index in [9.17, 15) is 16.8 Å². The smallest absolute Gasteiger partial charge is 0.264 e. The molecule has 2 atom stereocenters. The fourth-order valence-corrected chi connectivity index (χ4v) is 4.91. The zero-order valence-electron chi connectivity index (χ0n) is 11.2. The molecule has 2 aliphatic rings. The van der Waals surface area contributed by atoms with Gasteiger partial charge < -0.3 is 0 Å². The standard InChI is InChI=1S/C11H20O6S2/c1-18(12,13)16-9-5-3-7-11(9)8-4-6-10(11)17-19(2,14)15/h9-10H,3-8H2,1-2H3/t9-,10-,11?/m1/s1. The molecule has 112 valence electrons. The van der Waals surface area contributed by atoms with Gasteiger partial charge in [0.2, 0.25) is 0 Å². The summed E-state index contributed by atoms with van der Waals surface area (Å²) in [6.07, 6.45) is 5.59. The largest absolute Gasteiger partial charge is 0.266 e. The van der Waals surface area contributed by atoms with Crippen LogP contribution in [-0.2, 0) is 28.6 Å². The fraction of sp³-hybridized carbons (Fsp3) is 1.00. The van der Waals surface area contributed by atoms with Crippen molar-refractivity contribution in [3.05, 3.63) is 0 Å². The topological polar surface area (TPSA) is 86.7 Å². The molecule has 2 rings (SSSR count). The zero-order chi connectivity index (χ0) is 14.3. The summed E-state index contributed by atoms with van der Waals surface area (Å²) in [5.74, 6) is 0. The summed E-state index contributed by atoms with van der Waals surface area (Å²) in [5.41, 5.74) is -0.466. The first kappa shape index (κ1) is 15.2. The summed E-state index contributed by atoms with van der Waals surface area (Å²) < 4.78 is 55.7. The van der Waals surface area contributed by atoms with Crippen LogP contribution in [0, 0.1) is 5.41 Å². The van der Waals surface area contributed by atoms with Gasteiger partial charge in [0.25, 0.3) is 20.2 Å². The summed E-state index contributed by atoms with van der Waals surface area (Å²) in [5, 5.41) is 0. The normalized spacial score (nSPS) is 31.1. The lowest BCUT2D eigenvalue weighted by Gasteiger charge is -2.35. The van der Waals surface area contributed by atoms with Gasteiger partial charge in [-0.1, -0.05) is 12.8 Å². The van der Waals surface area contributed by atoms with Crippen LogP contribution in [0.3, 0.4) is 0 Å². The van der Waals surface area contributed by atoms with Gasteiger partial charge in [-0.15, -0.1) is 0 Å². The highest BCUT2D eigenvalue weighted by atomic mass is 32.2. The SMILES string of the molecule is CS(=O)(=O)O[C@@H]1CCCC12CCC[C@H]2OS(C)(=O)=O. The second-order valence-electron chi connectivity index (χ2n) is 5.60. The Morgan fingerprint density at radius 3 is 1.53 bits per heavy atom. The van der Waals surface area contributed by atoms with Crippen molar-refractivity contribution in [2.45, 2.75) is 50.7 Å². The third-order valence-electron chi connectivity index (χ3n) is 4.08. The Hall–Kier alpha value is -0.180. The molecule has 2 fully saturated rings. The Morgan fingerprint density at radius 2 is 1.21 bits per heavy atom. The summed E-state index contributed by atoms with van der Waals surface area (Å²) in [6, 6.07) is 0. The van der Waals surface area contributed by atoms with E-state index in [1.807, 2.05) is 0 Å². The summed E-state index contributed by atoms with van der Waals surface area (Å²) in [4.78, 5) is 0. The first-order valence-electron chi connectivity index (χ1n) is 6.39. The predicted molar refractivity (Wildman–Crippen MR) is 69.6 cm³/mol. The molecule has 8 heteroatoms. The van der Waals surface area contributed by atoms with E-state index in [1.54, 1.807) is 0 Å². The maximum Gasteiger partial charge on any atom is 0.264 e. The van der Waals surface area contributed by atoms with Crippen molar-refractivity contribution in [2.24, 2.45) is 5.41 Å². The number of rotatable bonds is 4. The molecule has 0 heterocycles. The summed E-state index contributed by atoms with van der Waals surface area (Å²) in [6.45, 7) is 0. The molecule has 0 saturated heterocycles. The molecular formula is C11H20O6S2. The molecule has 0 radical (unpaired) electrons. The van der Waals surface area contributed by atoms with Crippen molar-refractivity contribution in [2.75, 3.05) is 12.5 Å². The molecule has 0 N–H and O–H groups in total. The van der Waals surface area contributed by atoms with Gasteiger partial charge in [-0.25, -0.2) is 0 Å². The van der Waals surface area contributed by atoms with Crippen molar-refractivity contribution >= 4 is 20.2 Å². The lowest BCUT2D eigenvalue weighted by Crippen LogP contribution is -2.42. The van der Waals surface area contributed by atoms with Crippen molar-refractivity contribution in [3.63, 3.8) is 0 Å². The zero-order valence-corrected chi connectivity index (χ0v) is 12.8. The average Bonchev–Trinajstić information content (AvgIpc) is 2.73. The van der Waals surface area contributed by atoms with Gasteiger partial charge in [-0.3, -0.25) is 8.37 Å². The van der Waals surface area contributed by atoms with Crippen LogP contribution in [0.5, 0.6) is 0 Å². The highest BCUT2D eigenvalue weighted by Crippen LogP contribution is 2.53. The number of hydrogen-bond acceptors (Lipinski definition) is 6. The minimum Gasteiger partial charge on any atom is -0.266 e. The monoisotopic (exact) mass is 312 g/mol. The van der Waals surface area contributed by atoms with Crippen LogP contribution in [0.4, 0.5) is 0 Å². The minimum atomic E-state index is -3.54. The minimum absolute atomic E-state index is 0.461. The molecule has 0 aromatic rings. The Balaban J connectivity index is 2.23. The van der Waals surface area contributed by atoms with Gasteiger partial charge in [0.1, 0.15) is 0 Å². The van der Waals surface area contributed by atoms with Crippen molar-refractivity contribution < 1.29 is 25.2 Å². The van der Waals surface area contributed by atoms with Crippen LogP contribution < -0.4 is 0 Å². The quantitative estimate of drug-likeness (QED) is 0.721. The van der Waals surface area contributed by atoms with Crippen LogP contribution in [0.15, 0.2) is 0 Å². The van der Waals surface area contributed by atoms with E-state index in [0.717, 1.165) is 38.2 Å². The van der Waals surface area contributed by atoms with Gasteiger partial charge in [0.15, 0.2) is 0 Å². The van der Waals surface area contributed by atoms with E-state index in [1.165, 1.54) is 0 Å². The van der Waals surface area contributed by atoms with Crippen LogP contribution in [-0.4, -0.2) is 41.6 Å². The summed E-state index contributed by atoms with van der Waals surface area (Å²) in [7, 11) is -7.09. The third kappa shape index (κ3) is 3.48. The Morgan fingerprint density at radius 1 is 0.842 bits per heavy atom. The van der Waals surface area contributed by atoms with E-state index >= 15 is 0 Å². The van der Waals surface area contributed by atoms with Crippen molar-refractivity contribution in [3.8, 4) is 0 Å². The second-order valence-corrected chi connectivity index (χ2v) is 8.80. The van der Waals surface area contributed by atoms with Crippen LogP contribution >= 0.6 is 0 Å². The highest BCUT2D eigenvalue weighted by Gasteiger charge is 2.54. The molecule has 0 aliphatic heterocycles. The molecule has 0 bridgehead atoms. The molecule has 0 amide bonds. The lowest BCUT2D eigenvalue weighted by atomic mass is 9.80. The van der Waals surface area contributed by atoms with E-state index < -0.39 is 37.9 Å². The van der Waals surface area contributed by atoms with Gasteiger partial charge in [0.05, 0.1) is 24.7 Å². The molecular weight excluding hydrogens is 292 g/mol. The second kappa shape index (κ2) is 4.98. The predicted octanol–water partition coefficient (Wildman–Crippen LogP) is 1.03. The van der Waals surface area contributed by atoms with E-state index in [2.05, 4.69) is 0 Å². The Kier molecular flexibility index (Phi) is 3.99. The molecule has 1 spiro atoms. The first-order valence-corrected chi connectivity index (χ1v) is 10.0. The molecule has 0 unspecified atom stereocenters. The van der Waals surface area contributed by atoms with Gasteiger partial charge in [-0.2, -0.15) is 16.8 Å². The molecule has 2 saturated carbocycles. The van der Waals surface area contributed by atoms with E-state index in [4.69, 9.17) is 8.37 Å². The molecule has 6 nitrogen and oxygen atoms in total. The van der Waals surface area contributed by atoms with E-state index in [-0.39, 0.29) is 0 Å². The maximum atomic E-state index is 11.3. The van der Waals surface area contributed by atoms with Crippen LogP contribution in [0.1, 0.15) is 38.5 Å². The highest BCUT2D eigenvalue weighted by molar-refractivity contribution is 7.86. The van der Waals surface area contributed by atoms with Crippen LogP contribution in [0.25, 0.3) is 0 Å². The van der Waals surface area contributed by atoms with Crippen molar-refractivity contribution in [1.82, 2.24) is 0 Å². The number of hydrogen-bond donors (Lipinski definition) is 0. The maximum absolute atomic E-state index is 11.3. The van der Waals surface area contributed by atoms with Gasteiger partial charge in [0, 0.05) is 5.41 Å². The lowest BCUT2D eigenvalue weighted by molar-refractivity contribution is 0.00245. The van der Waals surface area contributed by atoms with Gasteiger partial charge >= 0.3 is 0 Å². The first-order chi connectivity index (χ1) is 8.62. The summed E-state index contributed by atoms with van der Waals surface area (Å²) >= 11 is 0. The van der Waals surface area contributed by atoms with E-state index in [0.29, 0.717) is 12.8 Å². The van der Waals surface area contributed by atoms with Crippen molar-refractivity contribution in [1.29, 1.82) is 0 Å². The van der Waals surface area contributed by atoms with Crippen LogP contribution in [0.2, 0.25) is 0 Å². The average molecular weight is 312 g/mol. The third-order valence-corrected chi connectivity index (χ3v) is 5.25. The molecule has 0 aromatic heterocycles.